The molecule has 1 aliphatic carbocycles. The number of nitrogens with one attached hydrogen (secondary N) is 4. The van der Waals surface area contributed by atoms with Crippen molar-refractivity contribution in [3.63, 3.8) is 0 Å². The highest BCUT2D eigenvalue weighted by molar-refractivity contribution is 7.80. The summed E-state index contributed by atoms with van der Waals surface area (Å²) in [5.74, 6) is -1.56. The Balaban J connectivity index is 1.63. The highest BCUT2D eigenvalue weighted by Gasteiger charge is 2.46. The monoisotopic (exact) mass is 617 g/mol. The molecule has 1 heterocycles. The minimum Gasteiger partial charge on any atom is -0.445 e. The molecule has 0 saturated heterocycles. The summed E-state index contributed by atoms with van der Waals surface area (Å²) in [6.07, 6.45) is -4.71. The van der Waals surface area contributed by atoms with Crippen LogP contribution in [0, 0.1) is 5.92 Å². The lowest BCUT2D eigenvalue weighted by Crippen LogP contribution is -2.65. The van der Waals surface area contributed by atoms with Gasteiger partial charge in [0.05, 0.1) is 22.6 Å². The molecule has 1 aromatic heterocycles. The predicted octanol–water partition coefficient (Wildman–Crippen LogP) is 4.27. The molecule has 6 N–H and O–H groups in total. The Kier molecular flexibility index (Phi) is 9.63. The second-order valence-electron chi connectivity index (χ2n) is 10.8. The number of aromatic nitrogens is 1. The molecule has 43 heavy (non-hydrogen) atoms. The van der Waals surface area contributed by atoms with Crippen LogP contribution in [0.15, 0.2) is 48.5 Å². The number of fused-ring (bicyclic) bond motifs is 3. The van der Waals surface area contributed by atoms with Crippen molar-refractivity contribution in [2.45, 2.75) is 63.9 Å². The number of para-hydroxylation sites is 1. The predicted molar refractivity (Wildman–Crippen MR) is 159 cm³/mol. The van der Waals surface area contributed by atoms with Gasteiger partial charge in [0, 0.05) is 17.5 Å². The number of ether oxygens (including phenoxy) is 1. The Morgan fingerprint density at radius 1 is 1.14 bits per heavy atom. The number of H-pyrrole nitrogens is 1. The lowest BCUT2D eigenvalue weighted by Gasteiger charge is -2.38. The number of alkyl carbamates (subject to hydrolysis) is 1. The van der Waals surface area contributed by atoms with Crippen LogP contribution in [-0.4, -0.2) is 46.0 Å². The molecule has 4 rings (SSSR count). The standard InChI is InChI=1S/C30H34F3N5O4S/c1-3-17(2)24(37-28(41)42-16-18-8-5-4-6-9-18)26(39)38-29(27(40)35-15-23(34)43)13-12-22-20(14-29)19-10-7-11-21(25(19)36-22)30(31,32)33/h4-11,17,24,36H,3,12-16H2,1-2H3,(H2,34,43)(H,35,40)(H,37,41)(H,38,39)/t17?,24-,29?/m0/s1. The number of halogens is 3. The fourth-order valence-corrected chi connectivity index (χ4v) is 5.38. The molecule has 0 spiro atoms. The van der Waals surface area contributed by atoms with Gasteiger partial charge in [0.2, 0.25) is 11.8 Å². The summed E-state index contributed by atoms with van der Waals surface area (Å²) in [6.45, 7) is 3.49. The van der Waals surface area contributed by atoms with Gasteiger partial charge in [-0.25, -0.2) is 4.79 Å². The Bertz CT molecular complexity index is 1510. The summed E-state index contributed by atoms with van der Waals surface area (Å²) >= 11 is 4.90. The molecule has 13 heteroatoms. The van der Waals surface area contributed by atoms with Gasteiger partial charge in [-0.2, -0.15) is 13.2 Å². The van der Waals surface area contributed by atoms with Gasteiger partial charge in [-0.1, -0.05) is 75.0 Å². The van der Waals surface area contributed by atoms with Crippen molar-refractivity contribution in [3.8, 4) is 0 Å². The Labute approximate surface area is 252 Å². The minimum absolute atomic E-state index is 0.00385. The van der Waals surface area contributed by atoms with E-state index in [1.165, 1.54) is 6.07 Å². The van der Waals surface area contributed by atoms with E-state index in [1.807, 2.05) is 13.0 Å². The Morgan fingerprint density at radius 2 is 1.86 bits per heavy atom. The van der Waals surface area contributed by atoms with Crippen LogP contribution in [0.4, 0.5) is 18.0 Å². The number of aryl methyl sites for hydroxylation is 1. The van der Waals surface area contributed by atoms with Gasteiger partial charge in [-0.3, -0.25) is 9.59 Å². The van der Waals surface area contributed by atoms with E-state index < -0.39 is 41.2 Å². The number of alkyl halides is 3. The lowest BCUT2D eigenvalue weighted by atomic mass is 9.78. The molecule has 0 aliphatic heterocycles. The Hall–Kier alpha value is -4.13. The van der Waals surface area contributed by atoms with Crippen molar-refractivity contribution in [1.82, 2.24) is 20.9 Å². The molecule has 2 aromatic carbocycles. The molecule has 2 unspecified atom stereocenters. The molecule has 0 radical (unpaired) electrons. The van der Waals surface area contributed by atoms with E-state index in [-0.39, 0.29) is 48.8 Å². The molecule has 0 bridgehead atoms. The first kappa shape index (κ1) is 31.8. The van der Waals surface area contributed by atoms with Crippen molar-refractivity contribution >= 4 is 46.0 Å². The Morgan fingerprint density at radius 3 is 2.51 bits per heavy atom. The highest BCUT2D eigenvalue weighted by atomic mass is 32.1. The average Bonchev–Trinajstić information content (AvgIpc) is 3.34. The van der Waals surface area contributed by atoms with Crippen LogP contribution in [0.5, 0.6) is 0 Å². The zero-order chi connectivity index (χ0) is 31.4. The van der Waals surface area contributed by atoms with Gasteiger partial charge in [0.1, 0.15) is 18.2 Å². The second kappa shape index (κ2) is 13.0. The van der Waals surface area contributed by atoms with Crippen LogP contribution in [0.1, 0.15) is 49.1 Å². The smallest absolute Gasteiger partial charge is 0.418 e. The maximum absolute atomic E-state index is 13.8. The summed E-state index contributed by atoms with van der Waals surface area (Å²) < 4.78 is 46.6. The molecule has 230 valence electrons. The molecule has 0 saturated carbocycles. The molecule has 9 nitrogen and oxygen atoms in total. The fourth-order valence-electron chi connectivity index (χ4n) is 5.31. The highest BCUT2D eigenvalue weighted by Crippen LogP contribution is 2.40. The van der Waals surface area contributed by atoms with Gasteiger partial charge in [0.25, 0.3) is 0 Å². The van der Waals surface area contributed by atoms with Crippen LogP contribution < -0.4 is 21.7 Å². The van der Waals surface area contributed by atoms with Crippen molar-refractivity contribution < 1.29 is 32.3 Å². The van der Waals surface area contributed by atoms with Crippen LogP contribution in [0.25, 0.3) is 10.9 Å². The third kappa shape index (κ3) is 7.27. The SMILES string of the molecule is CCC(C)[C@H](NC(=O)OCc1ccccc1)C(=O)NC1(C(=O)NCC(N)=S)CCc2[nH]c3c(C(F)(F)F)cccc3c2C1. The third-order valence-electron chi connectivity index (χ3n) is 7.82. The largest absolute Gasteiger partial charge is 0.445 e. The summed E-state index contributed by atoms with van der Waals surface area (Å²) in [7, 11) is 0. The van der Waals surface area contributed by atoms with E-state index in [0.29, 0.717) is 23.1 Å². The van der Waals surface area contributed by atoms with Crippen LogP contribution in [0.2, 0.25) is 0 Å². The normalized spacial score (nSPS) is 17.8. The topological polar surface area (TPSA) is 138 Å². The number of amides is 3. The molecular weight excluding hydrogens is 583 g/mol. The van der Waals surface area contributed by atoms with E-state index in [4.69, 9.17) is 22.7 Å². The van der Waals surface area contributed by atoms with Crippen molar-refractivity contribution in [2.24, 2.45) is 11.7 Å². The zero-order valence-corrected chi connectivity index (χ0v) is 24.6. The number of hydrogen-bond acceptors (Lipinski definition) is 5. The first-order valence-corrected chi connectivity index (χ1v) is 14.3. The number of carbonyl (C=O) groups excluding carboxylic acids is 3. The van der Waals surface area contributed by atoms with Crippen LogP contribution in [0.3, 0.4) is 0 Å². The number of thiocarbonyl (C=S) groups is 1. The van der Waals surface area contributed by atoms with E-state index in [1.54, 1.807) is 37.3 Å². The minimum atomic E-state index is -4.59. The van der Waals surface area contributed by atoms with E-state index in [9.17, 15) is 27.6 Å². The quantitative estimate of drug-likeness (QED) is 0.216. The number of hydrogen-bond donors (Lipinski definition) is 5. The van der Waals surface area contributed by atoms with Gasteiger partial charge in [-0.05, 0) is 36.0 Å². The fraction of sp³-hybridized carbons (Fsp3) is 0.400. The molecule has 3 atom stereocenters. The summed E-state index contributed by atoms with van der Waals surface area (Å²) in [6, 6.07) is 11.8. The summed E-state index contributed by atoms with van der Waals surface area (Å²) in [5.41, 5.74) is 4.96. The van der Waals surface area contributed by atoms with Crippen molar-refractivity contribution in [1.29, 1.82) is 0 Å². The third-order valence-corrected chi connectivity index (χ3v) is 7.96. The molecule has 3 aromatic rings. The number of benzene rings is 2. The number of carbonyl (C=O) groups is 3. The number of rotatable bonds is 10. The van der Waals surface area contributed by atoms with E-state index in [0.717, 1.165) is 11.6 Å². The van der Waals surface area contributed by atoms with Crippen molar-refractivity contribution in [3.05, 3.63) is 70.9 Å². The van der Waals surface area contributed by atoms with Crippen LogP contribution in [-0.2, 0) is 40.0 Å². The summed E-state index contributed by atoms with van der Waals surface area (Å²) in [5, 5.41) is 8.43. The number of nitrogens with two attached hydrogens (primary N) is 1. The second-order valence-corrected chi connectivity index (χ2v) is 11.3. The molecule has 3 amide bonds. The van der Waals surface area contributed by atoms with E-state index >= 15 is 0 Å². The lowest BCUT2D eigenvalue weighted by molar-refractivity contribution is -0.136. The maximum Gasteiger partial charge on any atom is 0.418 e. The van der Waals surface area contributed by atoms with Gasteiger partial charge < -0.3 is 31.4 Å². The maximum atomic E-state index is 13.8. The van der Waals surface area contributed by atoms with E-state index in [2.05, 4.69) is 20.9 Å². The summed E-state index contributed by atoms with van der Waals surface area (Å²) in [4.78, 5) is 43.1. The van der Waals surface area contributed by atoms with Gasteiger partial charge in [0.15, 0.2) is 0 Å². The van der Waals surface area contributed by atoms with Crippen LogP contribution >= 0.6 is 12.2 Å². The molecule has 1 aliphatic rings. The average molecular weight is 618 g/mol. The molecule has 0 fully saturated rings. The first-order chi connectivity index (χ1) is 20.3. The van der Waals surface area contributed by atoms with Crippen molar-refractivity contribution in [2.75, 3.05) is 6.54 Å². The number of aromatic amines is 1. The van der Waals surface area contributed by atoms with Gasteiger partial charge in [-0.15, -0.1) is 0 Å². The van der Waals surface area contributed by atoms with Gasteiger partial charge >= 0.3 is 12.3 Å². The molecular formula is C30H34F3N5O4S. The zero-order valence-electron chi connectivity index (χ0n) is 23.8. The first-order valence-electron chi connectivity index (χ1n) is 13.9.